The molecule has 0 fully saturated rings. The predicted molar refractivity (Wildman–Crippen MR) is 55.5 cm³/mol. The SMILES string of the molecule is CC(=O)c1cc(Cl)cc(C(C)C)c1F. The lowest BCUT2D eigenvalue weighted by atomic mass is 9.98. The van der Waals surface area contributed by atoms with E-state index in [0.29, 0.717) is 10.6 Å². The number of carbonyl (C=O) groups excluding carboxylic acids is 1. The number of rotatable bonds is 2. The lowest BCUT2D eigenvalue weighted by Crippen LogP contribution is -2.02. The maximum Gasteiger partial charge on any atom is 0.162 e. The van der Waals surface area contributed by atoms with E-state index >= 15 is 0 Å². The molecule has 0 amide bonds. The zero-order chi connectivity index (χ0) is 10.9. The van der Waals surface area contributed by atoms with E-state index in [1.807, 2.05) is 13.8 Å². The average Bonchev–Trinajstić information content (AvgIpc) is 2.07. The van der Waals surface area contributed by atoms with Crippen molar-refractivity contribution in [1.29, 1.82) is 0 Å². The van der Waals surface area contributed by atoms with Gasteiger partial charge in [-0.15, -0.1) is 0 Å². The monoisotopic (exact) mass is 214 g/mol. The smallest absolute Gasteiger partial charge is 0.162 e. The summed E-state index contributed by atoms with van der Waals surface area (Å²) in [6, 6.07) is 2.93. The Bertz CT molecular complexity index is 372. The molecule has 76 valence electrons. The summed E-state index contributed by atoms with van der Waals surface area (Å²) in [5, 5.41) is 0.403. The van der Waals surface area contributed by atoms with Crippen LogP contribution < -0.4 is 0 Å². The van der Waals surface area contributed by atoms with Crippen LogP contribution in [0.5, 0.6) is 0 Å². The van der Waals surface area contributed by atoms with Crippen LogP contribution in [0.25, 0.3) is 0 Å². The molecule has 0 aliphatic carbocycles. The molecule has 0 aliphatic rings. The van der Waals surface area contributed by atoms with Crippen LogP contribution in [0.1, 0.15) is 42.6 Å². The van der Waals surface area contributed by atoms with Gasteiger partial charge in [-0.05, 0) is 30.5 Å². The molecule has 0 bridgehead atoms. The third-order valence-corrected chi connectivity index (χ3v) is 2.29. The van der Waals surface area contributed by atoms with Gasteiger partial charge in [0.1, 0.15) is 5.82 Å². The van der Waals surface area contributed by atoms with Gasteiger partial charge in [0, 0.05) is 5.02 Å². The second-order valence-corrected chi connectivity index (χ2v) is 4.00. The molecular weight excluding hydrogens is 203 g/mol. The van der Waals surface area contributed by atoms with Gasteiger partial charge >= 0.3 is 0 Å². The van der Waals surface area contributed by atoms with E-state index in [4.69, 9.17) is 11.6 Å². The highest BCUT2D eigenvalue weighted by atomic mass is 35.5. The van der Waals surface area contributed by atoms with Crippen molar-refractivity contribution < 1.29 is 9.18 Å². The largest absolute Gasteiger partial charge is 0.294 e. The molecule has 0 saturated heterocycles. The Morgan fingerprint density at radius 3 is 2.43 bits per heavy atom. The molecule has 14 heavy (non-hydrogen) atoms. The molecule has 0 N–H and O–H groups in total. The molecule has 0 atom stereocenters. The molecule has 1 rings (SSSR count). The van der Waals surface area contributed by atoms with Crippen LogP contribution in [0.4, 0.5) is 4.39 Å². The Kier molecular flexibility index (Phi) is 3.27. The van der Waals surface area contributed by atoms with E-state index in [1.165, 1.54) is 13.0 Å². The maximum absolute atomic E-state index is 13.7. The van der Waals surface area contributed by atoms with Crippen molar-refractivity contribution in [3.63, 3.8) is 0 Å². The third-order valence-electron chi connectivity index (χ3n) is 2.07. The van der Waals surface area contributed by atoms with Crippen molar-refractivity contribution in [2.24, 2.45) is 0 Å². The highest BCUT2D eigenvalue weighted by molar-refractivity contribution is 6.31. The molecule has 0 unspecified atom stereocenters. The summed E-state index contributed by atoms with van der Waals surface area (Å²) in [7, 11) is 0. The second kappa shape index (κ2) is 4.09. The van der Waals surface area contributed by atoms with Crippen LogP contribution in [-0.2, 0) is 0 Å². The Morgan fingerprint density at radius 2 is 2.00 bits per heavy atom. The Hall–Kier alpha value is -0.890. The fraction of sp³-hybridized carbons (Fsp3) is 0.364. The van der Waals surface area contributed by atoms with Gasteiger partial charge in [0.2, 0.25) is 0 Å². The number of ketones is 1. The predicted octanol–water partition coefficient (Wildman–Crippen LogP) is 3.81. The van der Waals surface area contributed by atoms with E-state index < -0.39 is 5.82 Å². The van der Waals surface area contributed by atoms with Crippen molar-refractivity contribution in [3.8, 4) is 0 Å². The maximum atomic E-state index is 13.7. The van der Waals surface area contributed by atoms with E-state index in [2.05, 4.69) is 0 Å². The number of hydrogen-bond donors (Lipinski definition) is 0. The van der Waals surface area contributed by atoms with Gasteiger partial charge in [-0.2, -0.15) is 0 Å². The minimum Gasteiger partial charge on any atom is -0.294 e. The first kappa shape index (κ1) is 11.2. The topological polar surface area (TPSA) is 17.1 Å². The zero-order valence-electron chi connectivity index (χ0n) is 8.40. The van der Waals surface area contributed by atoms with Crippen molar-refractivity contribution in [2.75, 3.05) is 0 Å². The lowest BCUT2D eigenvalue weighted by Gasteiger charge is -2.10. The summed E-state index contributed by atoms with van der Waals surface area (Å²) in [6.07, 6.45) is 0. The number of Topliss-reactive ketones (excluding diaryl/α,β-unsaturated/α-hetero) is 1. The highest BCUT2D eigenvalue weighted by Crippen LogP contribution is 2.25. The second-order valence-electron chi connectivity index (χ2n) is 3.57. The molecule has 0 aromatic heterocycles. The first-order chi connectivity index (χ1) is 6.43. The number of halogens is 2. The van der Waals surface area contributed by atoms with Crippen molar-refractivity contribution in [3.05, 3.63) is 34.1 Å². The number of hydrogen-bond acceptors (Lipinski definition) is 1. The first-order valence-electron chi connectivity index (χ1n) is 4.43. The van der Waals surface area contributed by atoms with Crippen molar-refractivity contribution >= 4 is 17.4 Å². The molecule has 1 nitrogen and oxygen atoms in total. The molecule has 0 spiro atoms. The van der Waals surface area contributed by atoms with Crippen LogP contribution in [-0.4, -0.2) is 5.78 Å². The quantitative estimate of drug-likeness (QED) is 0.685. The molecule has 1 aromatic carbocycles. The highest BCUT2D eigenvalue weighted by Gasteiger charge is 2.15. The fourth-order valence-electron chi connectivity index (χ4n) is 1.29. The Morgan fingerprint density at radius 1 is 1.43 bits per heavy atom. The summed E-state index contributed by atoms with van der Waals surface area (Å²) in [5.74, 6) is -0.726. The van der Waals surface area contributed by atoms with Crippen LogP contribution in [0.15, 0.2) is 12.1 Å². The van der Waals surface area contributed by atoms with Gasteiger partial charge in [0.05, 0.1) is 5.56 Å². The molecule has 0 saturated carbocycles. The van der Waals surface area contributed by atoms with E-state index in [9.17, 15) is 9.18 Å². The van der Waals surface area contributed by atoms with Crippen LogP contribution in [0, 0.1) is 5.82 Å². The van der Waals surface area contributed by atoms with Gasteiger partial charge in [0.25, 0.3) is 0 Å². The summed E-state index contributed by atoms with van der Waals surface area (Å²) in [6.45, 7) is 5.05. The molecule has 1 aromatic rings. The zero-order valence-corrected chi connectivity index (χ0v) is 9.15. The van der Waals surface area contributed by atoms with Crippen molar-refractivity contribution in [1.82, 2.24) is 0 Å². The summed E-state index contributed by atoms with van der Waals surface area (Å²) in [4.78, 5) is 11.1. The van der Waals surface area contributed by atoms with Gasteiger partial charge < -0.3 is 0 Å². The van der Waals surface area contributed by atoms with E-state index in [0.717, 1.165) is 0 Å². The van der Waals surface area contributed by atoms with Crippen LogP contribution in [0.2, 0.25) is 5.02 Å². The van der Waals surface area contributed by atoms with Gasteiger partial charge in [-0.25, -0.2) is 4.39 Å². The van der Waals surface area contributed by atoms with Gasteiger partial charge in [-0.3, -0.25) is 4.79 Å². The van der Waals surface area contributed by atoms with Gasteiger partial charge in [0.15, 0.2) is 5.78 Å². The summed E-state index contributed by atoms with van der Waals surface area (Å²) < 4.78 is 13.7. The average molecular weight is 215 g/mol. The molecule has 3 heteroatoms. The fourth-order valence-corrected chi connectivity index (χ4v) is 1.51. The molecule has 0 heterocycles. The van der Waals surface area contributed by atoms with E-state index in [-0.39, 0.29) is 17.3 Å². The van der Waals surface area contributed by atoms with E-state index in [1.54, 1.807) is 6.07 Å². The minimum atomic E-state index is -0.447. The first-order valence-corrected chi connectivity index (χ1v) is 4.81. The van der Waals surface area contributed by atoms with Crippen LogP contribution >= 0.6 is 11.6 Å². The third kappa shape index (κ3) is 2.13. The van der Waals surface area contributed by atoms with Crippen molar-refractivity contribution in [2.45, 2.75) is 26.7 Å². The standard InChI is InChI=1S/C11H12ClFO/c1-6(2)9-4-8(12)5-10(7(3)14)11(9)13/h4-6H,1-3H3. The summed E-state index contributed by atoms with van der Waals surface area (Å²) >= 11 is 5.79. The van der Waals surface area contributed by atoms with Gasteiger partial charge in [-0.1, -0.05) is 25.4 Å². The van der Waals surface area contributed by atoms with Crippen LogP contribution in [0.3, 0.4) is 0 Å². The summed E-state index contributed by atoms with van der Waals surface area (Å²) in [5.41, 5.74) is 0.559. The Labute approximate surface area is 87.9 Å². The number of benzene rings is 1. The molecular formula is C11H12ClFO. The minimum absolute atomic E-state index is 0.0202. The molecule has 0 radical (unpaired) electrons. The Balaban J connectivity index is 3.40. The normalized spacial score (nSPS) is 10.7. The number of carbonyl (C=O) groups is 1. The molecule has 0 aliphatic heterocycles. The lowest BCUT2D eigenvalue weighted by molar-refractivity contribution is 0.101.